The lowest BCUT2D eigenvalue weighted by molar-refractivity contribution is -0.140. The van der Waals surface area contributed by atoms with Gasteiger partial charge in [-0.3, -0.25) is 9.59 Å². The lowest BCUT2D eigenvalue weighted by atomic mass is 9.87. The molecule has 4 heteroatoms. The van der Waals surface area contributed by atoms with E-state index in [-0.39, 0.29) is 17.7 Å². The summed E-state index contributed by atoms with van der Waals surface area (Å²) >= 11 is 0. The minimum Gasteiger partial charge on any atom is -0.355 e. The predicted octanol–water partition coefficient (Wildman–Crippen LogP) is 1.38. The Morgan fingerprint density at radius 3 is 2.47 bits per heavy atom. The maximum absolute atomic E-state index is 12.5. The summed E-state index contributed by atoms with van der Waals surface area (Å²) in [6.45, 7) is 5.69. The van der Waals surface area contributed by atoms with E-state index in [4.69, 9.17) is 0 Å². The van der Waals surface area contributed by atoms with Gasteiger partial charge in [-0.1, -0.05) is 30.3 Å². The van der Waals surface area contributed by atoms with Gasteiger partial charge < -0.3 is 10.2 Å². The van der Waals surface area contributed by atoms with Gasteiger partial charge >= 0.3 is 0 Å². The van der Waals surface area contributed by atoms with Crippen molar-refractivity contribution in [2.45, 2.75) is 19.8 Å². The zero-order chi connectivity index (χ0) is 13.8. The van der Waals surface area contributed by atoms with Crippen molar-refractivity contribution in [3.8, 4) is 0 Å². The highest BCUT2D eigenvalue weighted by atomic mass is 16.2. The molecule has 0 spiro atoms. The normalized spacial score (nSPS) is 22.1. The monoisotopic (exact) mass is 260 g/mol. The highest BCUT2D eigenvalue weighted by Gasteiger charge is 2.42. The van der Waals surface area contributed by atoms with Gasteiger partial charge in [-0.05, 0) is 19.4 Å². The van der Waals surface area contributed by atoms with E-state index in [1.54, 1.807) is 4.90 Å². The molecule has 1 aliphatic heterocycles. The van der Waals surface area contributed by atoms with Crippen LogP contribution in [0.2, 0.25) is 0 Å². The van der Waals surface area contributed by atoms with Crippen molar-refractivity contribution in [1.29, 1.82) is 0 Å². The van der Waals surface area contributed by atoms with Gasteiger partial charge in [0.2, 0.25) is 11.8 Å². The standard InChI is InChI=1S/C15H20N2O2/c1-3-17(4-2)15(19)13-12(10-16-14(13)18)11-8-6-5-7-9-11/h5-9,12-13H,3-4,10H2,1-2H3,(H,16,18). The van der Waals surface area contributed by atoms with Crippen molar-refractivity contribution in [3.63, 3.8) is 0 Å². The Labute approximate surface area is 113 Å². The van der Waals surface area contributed by atoms with E-state index in [0.29, 0.717) is 19.6 Å². The highest BCUT2D eigenvalue weighted by Crippen LogP contribution is 2.30. The third-order valence-electron chi connectivity index (χ3n) is 3.75. The van der Waals surface area contributed by atoms with E-state index in [0.717, 1.165) is 5.56 Å². The van der Waals surface area contributed by atoms with Crippen molar-refractivity contribution >= 4 is 11.8 Å². The average molecular weight is 260 g/mol. The number of nitrogens with one attached hydrogen (secondary N) is 1. The van der Waals surface area contributed by atoms with Crippen molar-refractivity contribution in [2.75, 3.05) is 19.6 Å². The molecule has 2 rings (SSSR count). The summed E-state index contributed by atoms with van der Waals surface area (Å²) in [6.07, 6.45) is 0. The largest absolute Gasteiger partial charge is 0.355 e. The third-order valence-corrected chi connectivity index (χ3v) is 3.75. The molecule has 1 aromatic carbocycles. The minimum absolute atomic E-state index is 0.0539. The second kappa shape index (κ2) is 5.87. The first kappa shape index (κ1) is 13.6. The molecule has 19 heavy (non-hydrogen) atoms. The van der Waals surface area contributed by atoms with Gasteiger partial charge in [-0.2, -0.15) is 0 Å². The fourth-order valence-corrected chi connectivity index (χ4v) is 2.65. The van der Waals surface area contributed by atoms with Crippen LogP contribution in [0.25, 0.3) is 0 Å². The summed E-state index contributed by atoms with van der Waals surface area (Å²) in [7, 11) is 0. The van der Waals surface area contributed by atoms with Crippen LogP contribution in [-0.2, 0) is 9.59 Å². The van der Waals surface area contributed by atoms with Gasteiger partial charge in [0.15, 0.2) is 0 Å². The number of carbonyl (C=O) groups excluding carboxylic acids is 2. The van der Waals surface area contributed by atoms with Gasteiger partial charge in [-0.15, -0.1) is 0 Å². The Morgan fingerprint density at radius 2 is 1.89 bits per heavy atom. The fraction of sp³-hybridized carbons (Fsp3) is 0.467. The van der Waals surface area contributed by atoms with Gasteiger partial charge in [-0.25, -0.2) is 0 Å². The molecule has 0 bridgehead atoms. The van der Waals surface area contributed by atoms with Crippen LogP contribution in [0.15, 0.2) is 30.3 Å². The smallest absolute Gasteiger partial charge is 0.235 e. The highest BCUT2D eigenvalue weighted by molar-refractivity contribution is 6.03. The van der Waals surface area contributed by atoms with E-state index >= 15 is 0 Å². The molecule has 2 atom stereocenters. The van der Waals surface area contributed by atoms with Crippen molar-refractivity contribution in [1.82, 2.24) is 10.2 Å². The third kappa shape index (κ3) is 2.62. The van der Waals surface area contributed by atoms with Crippen LogP contribution in [-0.4, -0.2) is 36.3 Å². The summed E-state index contributed by atoms with van der Waals surface area (Å²) in [6, 6.07) is 9.78. The molecule has 2 unspecified atom stereocenters. The molecule has 1 aromatic rings. The minimum atomic E-state index is -0.581. The lowest BCUT2D eigenvalue weighted by Gasteiger charge is -2.24. The number of benzene rings is 1. The first-order chi connectivity index (χ1) is 9.19. The van der Waals surface area contributed by atoms with Crippen LogP contribution in [0.1, 0.15) is 25.3 Å². The number of hydrogen-bond donors (Lipinski definition) is 1. The van der Waals surface area contributed by atoms with Crippen LogP contribution >= 0.6 is 0 Å². The maximum atomic E-state index is 12.5. The predicted molar refractivity (Wildman–Crippen MR) is 73.6 cm³/mol. The molecule has 2 amide bonds. The van der Waals surface area contributed by atoms with Crippen LogP contribution < -0.4 is 5.32 Å². The Balaban J connectivity index is 2.25. The Bertz CT molecular complexity index is 454. The van der Waals surface area contributed by atoms with Crippen molar-refractivity contribution < 1.29 is 9.59 Å². The average Bonchev–Trinajstić information content (AvgIpc) is 2.83. The second-order valence-electron chi connectivity index (χ2n) is 4.75. The molecule has 0 radical (unpaired) electrons. The topological polar surface area (TPSA) is 49.4 Å². The summed E-state index contributed by atoms with van der Waals surface area (Å²) < 4.78 is 0. The number of amides is 2. The Morgan fingerprint density at radius 1 is 1.26 bits per heavy atom. The summed E-state index contributed by atoms with van der Waals surface area (Å²) in [5, 5.41) is 2.82. The van der Waals surface area contributed by atoms with Gasteiger partial charge in [0, 0.05) is 25.6 Å². The van der Waals surface area contributed by atoms with E-state index in [2.05, 4.69) is 5.32 Å². The molecular formula is C15H20N2O2. The van der Waals surface area contributed by atoms with Crippen molar-refractivity contribution in [3.05, 3.63) is 35.9 Å². The van der Waals surface area contributed by atoms with Crippen LogP contribution in [0.3, 0.4) is 0 Å². The van der Waals surface area contributed by atoms with Crippen LogP contribution in [0.4, 0.5) is 0 Å². The fourth-order valence-electron chi connectivity index (χ4n) is 2.65. The maximum Gasteiger partial charge on any atom is 0.235 e. The van der Waals surface area contributed by atoms with Gasteiger partial charge in [0.1, 0.15) is 5.92 Å². The first-order valence-electron chi connectivity index (χ1n) is 6.80. The number of carbonyl (C=O) groups is 2. The molecule has 1 aliphatic rings. The van der Waals surface area contributed by atoms with Crippen LogP contribution in [0.5, 0.6) is 0 Å². The zero-order valence-electron chi connectivity index (χ0n) is 11.4. The first-order valence-corrected chi connectivity index (χ1v) is 6.80. The van der Waals surface area contributed by atoms with Gasteiger partial charge in [0.05, 0.1) is 0 Å². The van der Waals surface area contributed by atoms with E-state index in [9.17, 15) is 9.59 Å². The number of rotatable bonds is 4. The molecule has 0 aromatic heterocycles. The Kier molecular flexibility index (Phi) is 4.20. The molecule has 1 saturated heterocycles. The lowest BCUT2D eigenvalue weighted by Crippen LogP contribution is -2.40. The molecule has 0 saturated carbocycles. The number of hydrogen-bond acceptors (Lipinski definition) is 2. The van der Waals surface area contributed by atoms with E-state index in [1.165, 1.54) is 0 Å². The van der Waals surface area contributed by atoms with E-state index in [1.807, 2.05) is 44.2 Å². The van der Waals surface area contributed by atoms with E-state index < -0.39 is 5.92 Å². The molecule has 0 aliphatic carbocycles. The molecule has 4 nitrogen and oxygen atoms in total. The number of nitrogens with zero attached hydrogens (tertiary/aromatic N) is 1. The second-order valence-corrected chi connectivity index (χ2v) is 4.75. The Hall–Kier alpha value is -1.84. The van der Waals surface area contributed by atoms with Crippen molar-refractivity contribution in [2.24, 2.45) is 5.92 Å². The molecule has 1 heterocycles. The molecular weight excluding hydrogens is 240 g/mol. The zero-order valence-corrected chi connectivity index (χ0v) is 11.4. The summed E-state index contributed by atoms with van der Waals surface area (Å²) in [5.41, 5.74) is 1.05. The van der Waals surface area contributed by atoms with Crippen LogP contribution in [0, 0.1) is 5.92 Å². The summed E-state index contributed by atoms with van der Waals surface area (Å²) in [5.74, 6) is -0.844. The molecule has 1 fully saturated rings. The van der Waals surface area contributed by atoms with Gasteiger partial charge in [0.25, 0.3) is 0 Å². The SMILES string of the molecule is CCN(CC)C(=O)C1C(=O)NCC1c1ccccc1. The molecule has 102 valence electrons. The summed E-state index contributed by atoms with van der Waals surface area (Å²) in [4.78, 5) is 26.2. The molecule has 1 N–H and O–H groups in total. The quantitative estimate of drug-likeness (QED) is 0.832.